The van der Waals surface area contributed by atoms with Crippen molar-refractivity contribution in [2.75, 3.05) is 0 Å². The molecule has 0 bridgehead atoms. The Balaban J connectivity index is 1.73. The number of aromatic nitrogens is 2. The molecule has 3 aromatic carbocycles. The predicted molar refractivity (Wildman–Crippen MR) is 106 cm³/mol. The minimum atomic E-state index is 0.0117. The third kappa shape index (κ3) is 2.53. The fraction of sp³-hybridized carbons (Fsp3) is 0.130. The number of fused-ring (bicyclic) bond motifs is 4. The molecule has 1 aliphatic heterocycles. The van der Waals surface area contributed by atoms with E-state index >= 15 is 0 Å². The molecule has 2 heterocycles. The molecule has 0 spiro atoms. The lowest BCUT2D eigenvalue weighted by atomic mass is 9.94. The van der Waals surface area contributed by atoms with Crippen molar-refractivity contribution in [1.29, 1.82) is 0 Å². The van der Waals surface area contributed by atoms with E-state index in [2.05, 4.69) is 6.92 Å². The third-order valence-electron chi connectivity index (χ3n) is 5.09. The summed E-state index contributed by atoms with van der Waals surface area (Å²) in [6.07, 6.45) is 0.727. The van der Waals surface area contributed by atoms with Gasteiger partial charge in [0.15, 0.2) is 0 Å². The normalized spacial score (nSPS) is 15.2. The smallest absolute Gasteiger partial charge is 0.261 e. The molecule has 0 saturated heterocycles. The van der Waals surface area contributed by atoms with Gasteiger partial charge < -0.3 is 4.74 Å². The van der Waals surface area contributed by atoms with E-state index in [0.717, 1.165) is 34.6 Å². The standard InChI is InChI=1S/C23H18N2O2/c1-15-14-19-17(11-7-13-21(19)27-16-8-3-2-4-9-16)22-24-20-12-6-5-10-18(20)23(26)25(15)22/h2-13,15H,14H2,1H3. The van der Waals surface area contributed by atoms with E-state index in [1.165, 1.54) is 0 Å². The average Bonchev–Trinajstić information content (AvgIpc) is 2.69. The molecule has 0 N–H and O–H groups in total. The van der Waals surface area contributed by atoms with Crippen molar-refractivity contribution in [2.45, 2.75) is 19.4 Å². The molecular weight excluding hydrogens is 336 g/mol. The number of rotatable bonds is 2. The fourth-order valence-corrected chi connectivity index (χ4v) is 3.83. The van der Waals surface area contributed by atoms with E-state index in [9.17, 15) is 4.79 Å². The number of para-hydroxylation sites is 2. The van der Waals surface area contributed by atoms with E-state index in [4.69, 9.17) is 9.72 Å². The van der Waals surface area contributed by atoms with Crippen LogP contribution in [0.4, 0.5) is 0 Å². The number of hydrogen-bond acceptors (Lipinski definition) is 3. The molecule has 1 atom stereocenters. The summed E-state index contributed by atoms with van der Waals surface area (Å²) >= 11 is 0. The van der Waals surface area contributed by atoms with Crippen molar-refractivity contribution in [2.24, 2.45) is 0 Å². The fourth-order valence-electron chi connectivity index (χ4n) is 3.83. The second-order valence-electron chi connectivity index (χ2n) is 6.88. The Hall–Kier alpha value is -3.40. The highest BCUT2D eigenvalue weighted by Gasteiger charge is 2.27. The van der Waals surface area contributed by atoms with Gasteiger partial charge in [0.25, 0.3) is 5.56 Å². The summed E-state index contributed by atoms with van der Waals surface area (Å²) < 4.78 is 7.96. The Morgan fingerprint density at radius 3 is 2.59 bits per heavy atom. The summed E-state index contributed by atoms with van der Waals surface area (Å²) in [7, 11) is 0. The zero-order chi connectivity index (χ0) is 18.4. The largest absolute Gasteiger partial charge is 0.457 e. The van der Waals surface area contributed by atoms with Crippen molar-refractivity contribution in [1.82, 2.24) is 9.55 Å². The topological polar surface area (TPSA) is 44.1 Å². The lowest BCUT2D eigenvalue weighted by Gasteiger charge is -2.28. The molecule has 0 aliphatic carbocycles. The van der Waals surface area contributed by atoms with E-state index in [-0.39, 0.29) is 11.6 Å². The molecular formula is C23H18N2O2. The van der Waals surface area contributed by atoms with Crippen LogP contribution >= 0.6 is 0 Å². The van der Waals surface area contributed by atoms with Gasteiger partial charge in [-0.1, -0.05) is 42.5 Å². The highest BCUT2D eigenvalue weighted by Crippen LogP contribution is 2.39. The first kappa shape index (κ1) is 15.8. The number of nitrogens with zero attached hydrogens (tertiary/aromatic N) is 2. The second-order valence-corrected chi connectivity index (χ2v) is 6.88. The van der Waals surface area contributed by atoms with Crippen LogP contribution in [0.5, 0.6) is 11.5 Å². The molecule has 5 rings (SSSR count). The van der Waals surface area contributed by atoms with Crippen molar-refractivity contribution in [3.63, 3.8) is 0 Å². The lowest BCUT2D eigenvalue weighted by molar-refractivity contribution is 0.457. The van der Waals surface area contributed by atoms with E-state index in [0.29, 0.717) is 11.2 Å². The Kier molecular flexibility index (Phi) is 3.57. The highest BCUT2D eigenvalue weighted by atomic mass is 16.5. The van der Waals surface area contributed by atoms with Crippen LogP contribution in [-0.2, 0) is 6.42 Å². The SMILES string of the molecule is CC1Cc2c(Oc3ccccc3)cccc2-c2nc3ccccc3c(=O)n21. The molecule has 1 aliphatic rings. The quantitative estimate of drug-likeness (QED) is 0.510. The zero-order valence-corrected chi connectivity index (χ0v) is 14.9. The van der Waals surface area contributed by atoms with Crippen LogP contribution in [0.3, 0.4) is 0 Å². The Labute approximate surface area is 156 Å². The van der Waals surface area contributed by atoms with Crippen molar-refractivity contribution >= 4 is 10.9 Å². The Morgan fingerprint density at radius 1 is 0.963 bits per heavy atom. The molecule has 0 amide bonds. The number of ether oxygens (including phenoxy) is 1. The maximum atomic E-state index is 13.1. The highest BCUT2D eigenvalue weighted by molar-refractivity contribution is 5.81. The second kappa shape index (κ2) is 6.09. The summed E-state index contributed by atoms with van der Waals surface area (Å²) in [6, 6.07) is 23.2. The van der Waals surface area contributed by atoms with E-state index < -0.39 is 0 Å². The first-order valence-electron chi connectivity index (χ1n) is 9.09. The molecule has 0 fully saturated rings. The van der Waals surface area contributed by atoms with Crippen molar-refractivity contribution < 1.29 is 4.74 Å². The Bertz CT molecular complexity index is 1210. The van der Waals surface area contributed by atoms with Gasteiger partial charge in [0.2, 0.25) is 0 Å². The molecule has 132 valence electrons. The van der Waals surface area contributed by atoms with E-state index in [1.54, 1.807) is 0 Å². The van der Waals surface area contributed by atoms with Crippen LogP contribution in [-0.4, -0.2) is 9.55 Å². The first-order chi connectivity index (χ1) is 13.2. The minimum Gasteiger partial charge on any atom is -0.457 e. The first-order valence-corrected chi connectivity index (χ1v) is 9.09. The van der Waals surface area contributed by atoms with Crippen LogP contribution in [0, 0.1) is 0 Å². The zero-order valence-electron chi connectivity index (χ0n) is 14.9. The molecule has 1 unspecified atom stereocenters. The maximum Gasteiger partial charge on any atom is 0.261 e. The number of hydrogen-bond donors (Lipinski definition) is 0. The summed E-state index contributed by atoms with van der Waals surface area (Å²) in [5.74, 6) is 2.33. The van der Waals surface area contributed by atoms with Gasteiger partial charge >= 0.3 is 0 Å². The average molecular weight is 354 g/mol. The molecule has 4 aromatic rings. The van der Waals surface area contributed by atoms with Crippen LogP contribution in [0.15, 0.2) is 77.6 Å². The van der Waals surface area contributed by atoms with Gasteiger partial charge in [-0.15, -0.1) is 0 Å². The molecule has 0 radical (unpaired) electrons. The van der Waals surface area contributed by atoms with Gasteiger partial charge in [-0.2, -0.15) is 0 Å². The van der Waals surface area contributed by atoms with Crippen molar-refractivity contribution in [3.05, 3.63) is 88.7 Å². The van der Waals surface area contributed by atoms with Crippen LogP contribution in [0.25, 0.3) is 22.3 Å². The van der Waals surface area contributed by atoms with Gasteiger partial charge in [0, 0.05) is 17.2 Å². The summed E-state index contributed by atoms with van der Waals surface area (Å²) in [4.78, 5) is 17.9. The summed E-state index contributed by atoms with van der Waals surface area (Å²) in [6.45, 7) is 2.06. The van der Waals surface area contributed by atoms with Crippen molar-refractivity contribution in [3.8, 4) is 22.9 Å². The van der Waals surface area contributed by atoms with Gasteiger partial charge in [0.1, 0.15) is 17.3 Å². The molecule has 4 heteroatoms. The van der Waals surface area contributed by atoms with Crippen LogP contribution in [0.1, 0.15) is 18.5 Å². The molecule has 27 heavy (non-hydrogen) atoms. The third-order valence-corrected chi connectivity index (χ3v) is 5.09. The minimum absolute atomic E-state index is 0.0117. The maximum absolute atomic E-state index is 13.1. The van der Waals surface area contributed by atoms with Crippen LogP contribution < -0.4 is 10.3 Å². The van der Waals surface area contributed by atoms with Crippen LogP contribution in [0.2, 0.25) is 0 Å². The lowest BCUT2D eigenvalue weighted by Crippen LogP contribution is -2.30. The van der Waals surface area contributed by atoms with Gasteiger partial charge in [-0.3, -0.25) is 9.36 Å². The Morgan fingerprint density at radius 2 is 1.74 bits per heavy atom. The molecule has 0 saturated carbocycles. The van der Waals surface area contributed by atoms with Gasteiger partial charge in [-0.25, -0.2) is 4.98 Å². The summed E-state index contributed by atoms with van der Waals surface area (Å²) in [5.41, 5.74) is 2.80. The molecule has 4 nitrogen and oxygen atoms in total. The summed E-state index contributed by atoms with van der Waals surface area (Å²) in [5, 5.41) is 0.660. The van der Waals surface area contributed by atoms with E-state index in [1.807, 2.05) is 77.4 Å². The van der Waals surface area contributed by atoms with Gasteiger partial charge in [0.05, 0.1) is 10.9 Å². The monoisotopic (exact) mass is 354 g/mol. The predicted octanol–water partition coefficient (Wildman–Crippen LogP) is 4.97. The van der Waals surface area contributed by atoms with Gasteiger partial charge in [-0.05, 0) is 43.7 Å². The molecule has 1 aromatic heterocycles. The number of benzene rings is 3.